The van der Waals surface area contributed by atoms with E-state index in [0.29, 0.717) is 23.6 Å². The number of hydrogen-bond donors (Lipinski definition) is 1. The van der Waals surface area contributed by atoms with Gasteiger partial charge in [0, 0.05) is 25.8 Å². The number of rotatable bonds is 8. The number of carbonyl (C=O) groups excluding carboxylic acids is 1. The number of ether oxygens (including phenoxy) is 1. The van der Waals surface area contributed by atoms with Gasteiger partial charge in [-0.05, 0) is 32.4 Å². The molecule has 0 aliphatic rings. The van der Waals surface area contributed by atoms with E-state index >= 15 is 0 Å². The number of esters is 1. The Balaban J connectivity index is 1.69. The molecule has 142 valence electrons. The molecule has 0 saturated carbocycles. The van der Waals surface area contributed by atoms with Gasteiger partial charge in [0.1, 0.15) is 17.0 Å². The predicted molar refractivity (Wildman–Crippen MR) is 103 cm³/mol. The molecule has 3 aromatic rings. The van der Waals surface area contributed by atoms with Gasteiger partial charge < -0.3 is 19.5 Å². The molecule has 0 bridgehead atoms. The van der Waals surface area contributed by atoms with Crippen molar-refractivity contribution in [1.29, 1.82) is 0 Å². The van der Waals surface area contributed by atoms with Crippen LogP contribution in [-0.2, 0) is 4.74 Å². The maximum atomic E-state index is 12.1. The standard InChI is InChI=1S/C19H23N5O3/c1-4-26-19(25)16-15-17(21-13(2)22-18(15)27-23-16)20-11-8-12-24(3)14-9-6-5-7-10-14/h5-7,9-10H,4,8,11-12H2,1-3H3,(H,20,21,22). The highest BCUT2D eigenvalue weighted by Gasteiger charge is 2.22. The van der Waals surface area contributed by atoms with Crippen molar-refractivity contribution < 1.29 is 14.1 Å². The predicted octanol–water partition coefficient (Wildman–Crippen LogP) is 3.04. The topological polar surface area (TPSA) is 93.4 Å². The Morgan fingerprint density at radius 3 is 2.78 bits per heavy atom. The molecule has 0 atom stereocenters. The van der Waals surface area contributed by atoms with Crippen molar-refractivity contribution in [3.05, 3.63) is 41.9 Å². The van der Waals surface area contributed by atoms with Crippen LogP contribution in [0.3, 0.4) is 0 Å². The zero-order chi connectivity index (χ0) is 19.2. The van der Waals surface area contributed by atoms with Gasteiger partial charge in [0.15, 0.2) is 0 Å². The lowest BCUT2D eigenvalue weighted by Gasteiger charge is -2.19. The number of nitrogens with one attached hydrogen (secondary N) is 1. The third-order valence-electron chi connectivity index (χ3n) is 4.08. The van der Waals surface area contributed by atoms with Crippen LogP contribution in [0.1, 0.15) is 29.7 Å². The molecule has 8 nitrogen and oxygen atoms in total. The highest BCUT2D eigenvalue weighted by molar-refractivity contribution is 6.04. The Bertz CT molecular complexity index is 910. The molecule has 8 heteroatoms. The summed E-state index contributed by atoms with van der Waals surface area (Å²) in [6, 6.07) is 10.2. The molecule has 27 heavy (non-hydrogen) atoms. The number of fused-ring (bicyclic) bond motifs is 1. The number of benzene rings is 1. The van der Waals surface area contributed by atoms with Crippen molar-refractivity contribution in [3.8, 4) is 0 Å². The van der Waals surface area contributed by atoms with Crippen LogP contribution in [0.2, 0.25) is 0 Å². The Labute approximate surface area is 157 Å². The molecule has 0 saturated heterocycles. The van der Waals surface area contributed by atoms with Crippen molar-refractivity contribution in [3.63, 3.8) is 0 Å². The van der Waals surface area contributed by atoms with Gasteiger partial charge in [0.2, 0.25) is 5.69 Å². The van der Waals surface area contributed by atoms with Crippen LogP contribution in [0, 0.1) is 6.92 Å². The maximum absolute atomic E-state index is 12.1. The Kier molecular flexibility index (Phi) is 5.85. The van der Waals surface area contributed by atoms with Crippen LogP contribution in [-0.4, -0.2) is 47.8 Å². The third-order valence-corrected chi connectivity index (χ3v) is 4.08. The maximum Gasteiger partial charge on any atom is 0.361 e. The molecule has 0 fully saturated rings. The summed E-state index contributed by atoms with van der Waals surface area (Å²) < 4.78 is 10.2. The Morgan fingerprint density at radius 2 is 2.04 bits per heavy atom. The summed E-state index contributed by atoms with van der Waals surface area (Å²) in [4.78, 5) is 22.9. The summed E-state index contributed by atoms with van der Waals surface area (Å²) >= 11 is 0. The number of aryl methyl sites for hydroxylation is 1. The van der Waals surface area contributed by atoms with E-state index in [9.17, 15) is 4.79 Å². The van der Waals surface area contributed by atoms with Crippen LogP contribution < -0.4 is 10.2 Å². The van der Waals surface area contributed by atoms with Crippen LogP contribution in [0.15, 0.2) is 34.9 Å². The number of carbonyl (C=O) groups is 1. The summed E-state index contributed by atoms with van der Waals surface area (Å²) in [5.41, 5.74) is 1.53. The normalized spacial score (nSPS) is 10.8. The number of para-hydroxylation sites is 1. The van der Waals surface area contributed by atoms with Crippen LogP contribution >= 0.6 is 0 Å². The minimum Gasteiger partial charge on any atom is -0.461 e. The lowest BCUT2D eigenvalue weighted by Crippen LogP contribution is -2.21. The zero-order valence-corrected chi connectivity index (χ0v) is 15.7. The highest BCUT2D eigenvalue weighted by atomic mass is 16.5. The van der Waals surface area contributed by atoms with Gasteiger partial charge in [-0.3, -0.25) is 0 Å². The largest absolute Gasteiger partial charge is 0.461 e. The van der Waals surface area contributed by atoms with Crippen LogP contribution in [0.25, 0.3) is 11.1 Å². The second kappa shape index (κ2) is 8.48. The molecule has 0 unspecified atom stereocenters. The first-order valence-corrected chi connectivity index (χ1v) is 8.91. The zero-order valence-electron chi connectivity index (χ0n) is 15.7. The average molecular weight is 369 g/mol. The van der Waals surface area contributed by atoms with Gasteiger partial charge >= 0.3 is 5.97 Å². The molecule has 1 aromatic carbocycles. The van der Waals surface area contributed by atoms with E-state index in [1.807, 2.05) is 18.2 Å². The molecule has 0 spiro atoms. The number of nitrogens with zero attached hydrogens (tertiary/aromatic N) is 4. The SMILES string of the molecule is CCOC(=O)c1noc2nc(C)nc(NCCCN(C)c3ccccc3)c12. The van der Waals surface area contributed by atoms with Gasteiger partial charge in [-0.2, -0.15) is 4.98 Å². The molecule has 2 heterocycles. The van der Waals surface area contributed by atoms with E-state index in [-0.39, 0.29) is 18.0 Å². The fourth-order valence-corrected chi connectivity index (χ4v) is 2.76. The molecule has 3 rings (SSSR count). The summed E-state index contributed by atoms with van der Waals surface area (Å²) in [7, 11) is 2.06. The molecular weight excluding hydrogens is 346 g/mol. The minimum atomic E-state index is -0.546. The van der Waals surface area contributed by atoms with Crippen LogP contribution in [0.4, 0.5) is 11.5 Å². The van der Waals surface area contributed by atoms with E-state index in [2.05, 4.69) is 44.5 Å². The minimum absolute atomic E-state index is 0.0933. The lowest BCUT2D eigenvalue weighted by molar-refractivity contribution is 0.0517. The van der Waals surface area contributed by atoms with Crippen molar-refractivity contribution in [1.82, 2.24) is 15.1 Å². The summed E-state index contributed by atoms with van der Waals surface area (Å²) in [6.07, 6.45) is 0.885. The second-order valence-corrected chi connectivity index (χ2v) is 6.09. The van der Waals surface area contributed by atoms with Gasteiger partial charge in [0.05, 0.1) is 6.61 Å². The van der Waals surface area contributed by atoms with Gasteiger partial charge in [-0.1, -0.05) is 23.4 Å². The van der Waals surface area contributed by atoms with Crippen molar-refractivity contribution in [2.75, 3.05) is 37.0 Å². The van der Waals surface area contributed by atoms with Crippen molar-refractivity contribution >= 4 is 28.6 Å². The molecule has 0 amide bonds. The third kappa shape index (κ3) is 4.33. The first-order valence-electron chi connectivity index (χ1n) is 8.91. The summed E-state index contributed by atoms with van der Waals surface area (Å²) in [6.45, 7) is 5.31. The second-order valence-electron chi connectivity index (χ2n) is 6.09. The first-order chi connectivity index (χ1) is 13.1. The fraction of sp³-hybridized carbons (Fsp3) is 0.368. The van der Waals surface area contributed by atoms with E-state index < -0.39 is 5.97 Å². The summed E-state index contributed by atoms with van der Waals surface area (Å²) in [5.74, 6) is 0.526. The number of anilines is 2. The van der Waals surface area contributed by atoms with Gasteiger partial charge in [0.25, 0.3) is 5.71 Å². The van der Waals surface area contributed by atoms with E-state index in [1.165, 1.54) is 5.69 Å². The smallest absolute Gasteiger partial charge is 0.361 e. The van der Waals surface area contributed by atoms with E-state index in [0.717, 1.165) is 13.0 Å². The summed E-state index contributed by atoms with van der Waals surface area (Å²) in [5, 5.41) is 7.54. The molecule has 1 N–H and O–H groups in total. The van der Waals surface area contributed by atoms with Crippen LogP contribution in [0.5, 0.6) is 0 Å². The molecule has 0 aliphatic carbocycles. The van der Waals surface area contributed by atoms with Crippen molar-refractivity contribution in [2.24, 2.45) is 0 Å². The quantitative estimate of drug-likeness (QED) is 0.478. The van der Waals surface area contributed by atoms with E-state index in [4.69, 9.17) is 9.26 Å². The van der Waals surface area contributed by atoms with Gasteiger partial charge in [-0.25, -0.2) is 9.78 Å². The molecule has 0 aliphatic heterocycles. The van der Waals surface area contributed by atoms with Crippen molar-refractivity contribution in [2.45, 2.75) is 20.3 Å². The molecule has 2 aromatic heterocycles. The highest BCUT2D eigenvalue weighted by Crippen LogP contribution is 2.25. The Hall–Kier alpha value is -3.16. The molecule has 0 radical (unpaired) electrons. The van der Waals surface area contributed by atoms with E-state index in [1.54, 1.807) is 13.8 Å². The van der Waals surface area contributed by atoms with Gasteiger partial charge in [-0.15, -0.1) is 0 Å². The average Bonchev–Trinajstić information content (AvgIpc) is 3.09. The molecular formula is C19H23N5O3. The number of hydrogen-bond acceptors (Lipinski definition) is 8. The fourth-order valence-electron chi connectivity index (χ4n) is 2.76. The number of aromatic nitrogens is 3. The Morgan fingerprint density at radius 1 is 1.26 bits per heavy atom. The lowest BCUT2D eigenvalue weighted by atomic mass is 10.2. The monoisotopic (exact) mass is 369 g/mol. The first kappa shape index (κ1) is 18.6.